The van der Waals surface area contributed by atoms with E-state index in [4.69, 9.17) is 5.11 Å². The molecule has 0 amide bonds. The number of nitrogens with zero attached hydrogens (tertiary/aromatic N) is 1. The Kier molecular flexibility index (Phi) is 5.66. The van der Waals surface area contributed by atoms with Crippen molar-refractivity contribution in [1.82, 2.24) is 4.57 Å². The van der Waals surface area contributed by atoms with Crippen molar-refractivity contribution in [3.8, 4) is 11.5 Å². The lowest BCUT2D eigenvalue weighted by atomic mass is 9.88. The van der Waals surface area contributed by atoms with Crippen LogP contribution in [-0.4, -0.2) is 38.9 Å². The molecule has 0 saturated carbocycles. The van der Waals surface area contributed by atoms with Crippen LogP contribution in [-0.2, 0) is 20.9 Å². The van der Waals surface area contributed by atoms with Gasteiger partial charge in [0, 0.05) is 11.6 Å². The Morgan fingerprint density at radius 1 is 1.19 bits per heavy atom. The van der Waals surface area contributed by atoms with Gasteiger partial charge in [-0.15, -0.1) is 0 Å². The third-order valence-corrected chi connectivity index (χ3v) is 4.06. The van der Waals surface area contributed by atoms with E-state index in [0.29, 0.717) is 5.56 Å². The fourth-order valence-electron chi connectivity index (χ4n) is 2.77. The van der Waals surface area contributed by atoms with Gasteiger partial charge in [-0.2, -0.15) is 0 Å². The van der Waals surface area contributed by atoms with Crippen molar-refractivity contribution in [2.24, 2.45) is 0 Å². The van der Waals surface area contributed by atoms with Gasteiger partial charge >= 0.3 is 11.9 Å². The Morgan fingerprint density at radius 2 is 1.81 bits per heavy atom. The zero-order chi connectivity index (χ0) is 19.4. The van der Waals surface area contributed by atoms with E-state index >= 15 is 0 Å². The van der Waals surface area contributed by atoms with E-state index in [1.807, 2.05) is 0 Å². The standard InChI is InChI=1S/C18H19NO7/c1-10-7-14(21)17(18(25)19(10)9-15(22)23)13(8-16(24)26-2)11-3-5-12(20)6-4-11/h3-7,13,20-21H,8-9H2,1-2H3,(H,22,23). The smallest absolute Gasteiger partial charge is 0.323 e. The Labute approximate surface area is 148 Å². The molecular weight excluding hydrogens is 342 g/mol. The number of hydrogen-bond acceptors (Lipinski definition) is 6. The van der Waals surface area contributed by atoms with Gasteiger partial charge < -0.3 is 24.6 Å². The first kappa shape index (κ1) is 19.0. The molecule has 8 heteroatoms. The minimum Gasteiger partial charge on any atom is -0.508 e. The summed E-state index contributed by atoms with van der Waals surface area (Å²) in [5.41, 5.74) is -0.0349. The number of ether oxygens (including phenoxy) is 1. The van der Waals surface area contributed by atoms with Crippen molar-refractivity contribution in [1.29, 1.82) is 0 Å². The van der Waals surface area contributed by atoms with Gasteiger partial charge in [0.2, 0.25) is 0 Å². The first-order valence-corrected chi connectivity index (χ1v) is 7.75. The lowest BCUT2D eigenvalue weighted by Gasteiger charge is -2.20. The molecule has 0 radical (unpaired) electrons. The third kappa shape index (κ3) is 4.02. The first-order chi connectivity index (χ1) is 12.2. The van der Waals surface area contributed by atoms with E-state index in [-0.39, 0.29) is 29.2 Å². The van der Waals surface area contributed by atoms with Crippen LogP contribution in [0.15, 0.2) is 35.1 Å². The molecule has 1 atom stereocenters. The second-order valence-electron chi connectivity index (χ2n) is 5.79. The molecule has 2 aromatic rings. The monoisotopic (exact) mass is 361 g/mol. The number of carbonyl (C=O) groups excluding carboxylic acids is 1. The van der Waals surface area contributed by atoms with Gasteiger partial charge in [0.25, 0.3) is 5.56 Å². The van der Waals surface area contributed by atoms with E-state index in [0.717, 1.165) is 4.57 Å². The van der Waals surface area contributed by atoms with Crippen LogP contribution < -0.4 is 5.56 Å². The zero-order valence-corrected chi connectivity index (χ0v) is 14.3. The maximum Gasteiger partial charge on any atom is 0.323 e. The summed E-state index contributed by atoms with van der Waals surface area (Å²) in [6.07, 6.45) is -0.236. The highest BCUT2D eigenvalue weighted by Crippen LogP contribution is 2.33. The summed E-state index contributed by atoms with van der Waals surface area (Å²) >= 11 is 0. The van der Waals surface area contributed by atoms with Crippen molar-refractivity contribution in [3.63, 3.8) is 0 Å². The number of phenolic OH excluding ortho intramolecular Hbond substituents is 1. The minimum atomic E-state index is -1.21. The highest BCUT2D eigenvalue weighted by molar-refractivity contribution is 5.71. The molecule has 0 aliphatic rings. The number of benzene rings is 1. The highest BCUT2D eigenvalue weighted by atomic mass is 16.5. The lowest BCUT2D eigenvalue weighted by Crippen LogP contribution is -2.30. The summed E-state index contributed by atoms with van der Waals surface area (Å²) in [5, 5.41) is 28.8. The highest BCUT2D eigenvalue weighted by Gasteiger charge is 2.27. The second-order valence-corrected chi connectivity index (χ2v) is 5.79. The molecular formula is C18H19NO7. The Hall–Kier alpha value is -3.29. The van der Waals surface area contributed by atoms with Crippen molar-refractivity contribution < 1.29 is 29.6 Å². The number of aromatic nitrogens is 1. The van der Waals surface area contributed by atoms with E-state index in [2.05, 4.69) is 4.74 Å². The number of hydrogen-bond donors (Lipinski definition) is 3. The predicted molar refractivity (Wildman–Crippen MR) is 91.3 cm³/mol. The van der Waals surface area contributed by atoms with Crippen LogP contribution in [0, 0.1) is 6.92 Å². The topological polar surface area (TPSA) is 126 Å². The van der Waals surface area contributed by atoms with Gasteiger partial charge in [0.05, 0.1) is 19.1 Å². The number of rotatable bonds is 6. The number of carboxylic acid groups (broad SMARTS) is 1. The van der Waals surface area contributed by atoms with Gasteiger partial charge in [0.15, 0.2) is 0 Å². The molecule has 3 N–H and O–H groups in total. The van der Waals surface area contributed by atoms with Crippen LogP contribution >= 0.6 is 0 Å². The number of aliphatic carboxylic acids is 1. The SMILES string of the molecule is COC(=O)CC(c1ccc(O)cc1)c1c(O)cc(C)n(CC(=O)O)c1=O. The number of methoxy groups -OCH3 is 1. The molecule has 0 saturated heterocycles. The molecule has 0 spiro atoms. The number of aryl methyl sites for hydroxylation is 1. The molecule has 1 aromatic carbocycles. The normalized spacial score (nSPS) is 11.8. The summed E-state index contributed by atoms with van der Waals surface area (Å²) in [4.78, 5) is 35.7. The number of aromatic hydroxyl groups is 2. The summed E-state index contributed by atoms with van der Waals surface area (Å²) < 4.78 is 5.69. The average Bonchev–Trinajstić information content (AvgIpc) is 2.58. The number of carbonyl (C=O) groups is 2. The molecule has 1 unspecified atom stereocenters. The summed E-state index contributed by atoms with van der Waals surface area (Å²) in [7, 11) is 1.20. The van der Waals surface area contributed by atoms with Gasteiger partial charge in [-0.3, -0.25) is 14.4 Å². The van der Waals surface area contributed by atoms with Crippen LogP contribution in [0.4, 0.5) is 0 Å². The van der Waals surface area contributed by atoms with Crippen molar-refractivity contribution >= 4 is 11.9 Å². The van der Waals surface area contributed by atoms with Gasteiger partial charge in [-0.1, -0.05) is 12.1 Å². The predicted octanol–water partition coefficient (Wildman–Crippen LogP) is 1.35. The lowest BCUT2D eigenvalue weighted by molar-refractivity contribution is -0.141. The summed E-state index contributed by atoms with van der Waals surface area (Å²) in [5.74, 6) is -3.01. The quantitative estimate of drug-likeness (QED) is 0.663. The molecule has 0 aliphatic heterocycles. The molecule has 1 heterocycles. The Morgan fingerprint density at radius 3 is 2.35 bits per heavy atom. The zero-order valence-electron chi connectivity index (χ0n) is 14.3. The Bertz CT molecular complexity index is 884. The van der Waals surface area contributed by atoms with Gasteiger partial charge in [0.1, 0.15) is 18.0 Å². The number of phenols is 1. The van der Waals surface area contributed by atoms with E-state index in [1.54, 1.807) is 0 Å². The molecule has 0 fully saturated rings. The number of carboxylic acids is 1. The van der Waals surface area contributed by atoms with Crippen LogP contribution in [0.5, 0.6) is 11.5 Å². The molecule has 2 rings (SSSR count). The van der Waals surface area contributed by atoms with E-state index < -0.39 is 30.0 Å². The van der Waals surface area contributed by atoms with Crippen molar-refractivity contribution in [2.45, 2.75) is 25.8 Å². The van der Waals surface area contributed by atoms with Crippen LogP contribution in [0.25, 0.3) is 0 Å². The maximum absolute atomic E-state index is 12.8. The van der Waals surface area contributed by atoms with Crippen molar-refractivity contribution in [2.75, 3.05) is 7.11 Å². The number of esters is 1. The molecule has 26 heavy (non-hydrogen) atoms. The molecule has 138 valence electrons. The Balaban J connectivity index is 2.67. The maximum atomic E-state index is 12.8. The molecule has 1 aromatic heterocycles. The van der Waals surface area contributed by atoms with Crippen LogP contribution in [0.2, 0.25) is 0 Å². The van der Waals surface area contributed by atoms with Crippen LogP contribution in [0.3, 0.4) is 0 Å². The van der Waals surface area contributed by atoms with Gasteiger partial charge in [-0.05, 0) is 30.7 Å². The average molecular weight is 361 g/mol. The summed E-state index contributed by atoms with van der Waals surface area (Å²) in [6, 6.07) is 7.10. The minimum absolute atomic E-state index is 0.00184. The molecule has 8 nitrogen and oxygen atoms in total. The fourth-order valence-corrected chi connectivity index (χ4v) is 2.77. The summed E-state index contributed by atoms with van der Waals surface area (Å²) in [6.45, 7) is 0.933. The van der Waals surface area contributed by atoms with E-state index in [1.165, 1.54) is 44.4 Å². The second kappa shape index (κ2) is 7.73. The molecule has 0 aliphatic carbocycles. The largest absolute Gasteiger partial charge is 0.508 e. The van der Waals surface area contributed by atoms with E-state index in [9.17, 15) is 24.6 Å². The van der Waals surface area contributed by atoms with Crippen molar-refractivity contribution in [3.05, 3.63) is 57.5 Å². The van der Waals surface area contributed by atoms with Crippen LogP contribution in [0.1, 0.15) is 29.2 Å². The molecule has 0 bridgehead atoms. The first-order valence-electron chi connectivity index (χ1n) is 7.75. The number of pyridine rings is 1. The van der Waals surface area contributed by atoms with Gasteiger partial charge in [-0.25, -0.2) is 0 Å². The third-order valence-electron chi connectivity index (χ3n) is 4.06. The fraction of sp³-hybridized carbons (Fsp3) is 0.278.